The van der Waals surface area contributed by atoms with Crippen LogP contribution in [0.3, 0.4) is 0 Å². The van der Waals surface area contributed by atoms with Gasteiger partial charge in [0.25, 0.3) is 5.91 Å². The van der Waals surface area contributed by atoms with E-state index in [9.17, 15) is 9.59 Å². The Morgan fingerprint density at radius 2 is 1.77 bits per heavy atom. The van der Waals surface area contributed by atoms with Crippen LogP contribution in [0.5, 0.6) is 5.75 Å². The molecule has 0 spiro atoms. The van der Waals surface area contributed by atoms with Crippen LogP contribution in [0, 0.1) is 0 Å². The van der Waals surface area contributed by atoms with Crippen LogP contribution < -0.4 is 10.1 Å². The van der Waals surface area contributed by atoms with Crippen molar-refractivity contribution in [3.63, 3.8) is 0 Å². The summed E-state index contributed by atoms with van der Waals surface area (Å²) in [6.45, 7) is 3.54. The van der Waals surface area contributed by atoms with Gasteiger partial charge in [-0.3, -0.25) is 4.79 Å². The highest BCUT2D eigenvalue weighted by Crippen LogP contribution is 2.26. The zero-order chi connectivity index (χ0) is 18.9. The molecule has 0 aliphatic rings. The van der Waals surface area contributed by atoms with Crippen LogP contribution in [0.1, 0.15) is 31.7 Å². The van der Waals surface area contributed by atoms with Crippen molar-refractivity contribution in [3.8, 4) is 5.75 Å². The maximum Gasteiger partial charge on any atom is 0.344 e. The molecule has 1 atom stereocenters. The second-order valence-electron chi connectivity index (χ2n) is 5.85. The monoisotopic (exact) mass is 375 g/mol. The average molecular weight is 376 g/mol. The number of carbonyl (C=O) groups is 2. The van der Waals surface area contributed by atoms with Gasteiger partial charge in [0.05, 0.1) is 0 Å². The van der Waals surface area contributed by atoms with Crippen LogP contribution in [0.2, 0.25) is 5.02 Å². The second kappa shape index (κ2) is 9.82. The molecule has 26 heavy (non-hydrogen) atoms. The third kappa shape index (κ3) is 6.08. The molecule has 0 fully saturated rings. The van der Waals surface area contributed by atoms with Gasteiger partial charge in [0.1, 0.15) is 5.75 Å². The van der Waals surface area contributed by atoms with Gasteiger partial charge in [-0.1, -0.05) is 43.6 Å². The number of esters is 1. The molecule has 6 heteroatoms. The molecule has 0 saturated carbocycles. The summed E-state index contributed by atoms with van der Waals surface area (Å²) in [4.78, 5) is 23.8. The minimum absolute atomic E-state index is 0.279. The molecule has 2 aromatic carbocycles. The summed E-state index contributed by atoms with van der Waals surface area (Å²) in [5.41, 5.74) is 1.79. The lowest BCUT2D eigenvalue weighted by atomic mass is 9.97. The van der Waals surface area contributed by atoms with Crippen molar-refractivity contribution >= 4 is 29.2 Å². The van der Waals surface area contributed by atoms with E-state index < -0.39 is 5.97 Å². The number of nitrogens with one attached hydrogen (secondary N) is 1. The minimum Gasteiger partial charge on any atom is -0.482 e. The van der Waals surface area contributed by atoms with Crippen molar-refractivity contribution in [2.24, 2.45) is 0 Å². The van der Waals surface area contributed by atoms with Crippen molar-refractivity contribution in [1.29, 1.82) is 0 Å². The van der Waals surface area contributed by atoms with Crippen molar-refractivity contribution in [1.82, 2.24) is 0 Å². The number of hydrogen-bond donors (Lipinski definition) is 1. The summed E-state index contributed by atoms with van der Waals surface area (Å²) >= 11 is 5.77. The Labute approximate surface area is 158 Å². The highest BCUT2D eigenvalue weighted by atomic mass is 35.5. The molecule has 0 saturated heterocycles. The number of ether oxygens (including phenoxy) is 2. The Morgan fingerprint density at radius 3 is 2.46 bits per heavy atom. The number of para-hydroxylation sites is 1. The van der Waals surface area contributed by atoms with E-state index in [1.54, 1.807) is 24.3 Å². The van der Waals surface area contributed by atoms with Crippen LogP contribution in [0.25, 0.3) is 0 Å². The quantitative estimate of drug-likeness (QED) is 0.694. The van der Waals surface area contributed by atoms with Crippen LogP contribution in [-0.2, 0) is 14.3 Å². The lowest BCUT2D eigenvalue weighted by Gasteiger charge is -2.15. The average Bonchev–Trinajstić information content (AvgIpc) is 2.65. The first kappa shape index (κ1) is 19.8. The summed E-state index contributed by atoms with van der Waals surface area (Å²) in [6.07, 6.45) is 0.962. The Hall–Kier alpha value is -2.53. The van der Waals surface area contributed by atoms with E-state index in [2.05, 4.69) is 19.2 Å². The van der Waals surface area contributed by atoms with E-state index in [0.29, 0.717) is 16.7 Å². The van der Waals surface area contributed by atoms with E-state index in [1.165, 1.54) is 0 Å². The second-order valence-corrected chi connectivity index (χ2v) is 6.28. The summed E-state index contributed by atoms with van der Waals surface area (Å²) in [7, 11) is 0. The molecule has 1 N–H and O–H groups in total. The number of halogens is 1. The Morgan fingerprint density at radius 1 is 1.08 bits per heavy atom. The van der Waals surface area contributed by atoms with E-state index in [0.717, 1.165) is 17.7 Å². The Balaban J connectivity index is 1.79. The molecule has 2 aromatic rings. The third-order valence-electron chi connectivity index (χ3n) is 3.91. The van der Waals surface area contributed by atoms with Crippen molar-refractivity contribution in [3.05, 3.63) is 59.1 Å². The number of rotatable bonds is 8. The molecule has 0 aliphatic carbocycles. The lowest BCUT2D eigenvalue weighted by Crippen LogP contribution is -2.24. The highest BCUT2D eigenvalue weighted by molar-refractivity contribution is 6.30. The first-order valence-corrected chi connectivity index (χ1v) is 8.80. The minimum atomic E-state index is -0.620. The maximum absolute atomic E-state index is 12.0. The first-order chi connectivity index (χ1) is 12.5. The van der Waals surface area contributed by atoms with E-state index >= 15 is 0 Å². The summed E-state index contributed by atoms with van der Waals surface area (Å²) in [5.74, 6) is -0.189. The highest BCUT2D eigenvalue weighted by Gasteiger charge is 2.13. The summed E-state index contributed by atoms with van der Waals surface area (Å²) < 4.78 is 10.2. The van der Waals surface area contributed by atoms with Gasteiger partial charge in [-0.05, 0) is 48.2 Å². The lowest BCUT2D eigenvalue weighted by molar-refractivity contribution is -0.149. The van der Waals surface area contributed by atoms with E-state index in [1.807, 2.05) is 24.3 Å². The molecule has 138 valence electrons. The zero-order valence-electron chi connectivity index (χ0n) is 14.8. The maximum atomic E-state index is 12.0. The standard InChI is InChI=1S/C20H22ClNO4/c1-3-14(2)17-6-4-5-7-18(17)22-19(23)12-26-20(24)13-25-16-10-8-15(21)9-11-16/h4-11,14H,3,12-13H2,1-2H3,(H,22,23)/t14-/m0/s1. The molecule has 2 rings (SSSR count). The molecule has 1 amide bonds. The number of hydrogen-bond acceptors (Lipinski definition) is 4. The van der Waals surface area contributed by atoms with Crippen molar-refractivity contribution in [2.75, 3.05) is 18.5 Å². The topological polar surface area (TPSA) is 64.6 Å². The molecular weight excluding hydrogens is 354 g/mol. The van der Waals surface area contributed by atoms with Gasteiger partial charge in [-0.15, -0.1) is 0 Å². The molecular formula is C20H22ClNO4. The van der Waals surface area contributed by atoms with E-state index in [4.69, 9.17) is 21.1 Å². The number of benzene rings is 2. The first-order valence-electron chi connectivity index (χ1n) is 8.42. The summed E-state index contributed by atoms with van der Waals surface area (Å²) in [6, 6.07) is 14.2. The zero-order valence-corrected chi connectivity index (χ0v) is 15.6. The Kier molecular flexibility index (Phi) is 7.48. The van der Waals surface area contributed by atoms with Gasteiger partial charge in [0, 0.05) is 10.7 Å². The van der Waals surface area contributed by atoms with Crippen molar-refractivity contribution < 1.29 is 19.1 Å². The van der Waals surface area contributed by atoms with Crippen LogP contribution in [-0.4, -0.2) is 25.1 Å². The Bertz CT molecular complexity index is 746. The molecule has 0 heterocycles. The SMILES string of the molecule is CC[C@H](C)c1ccccc1NC(=O)COC(=O)COc1ccc(Cl)cc1. The van der Waals surface area contributed by atoms with Crippen LogP contribution >= 0.6 is 11.6 Å². The molecule has 0 bridgehead atoms. The number of carbonyl (C=O) groups excluding carboxylic acids is 2. The smallest absolute Gasteiger partial charge is 0.344 e. The molecule has 0 aromatic heterocycles. The van der Waals surface area contributed by atoms with Gasteiger partial charge < -0.3 is 14.8 Å². The predicted molar refractivity (Wildman–Crippen MR) is 102 cm³/mol. The van der Waals surface area contributed by atoms with Gasteiger partial charge in [0.15, 0.2) is 13.2 Å². The normalized spacial score (nSPS) is 11.5. The fraction of sp³-hybridized carbons (Fsp3) is 0.300. The number of anilines is 1. The van der Waals surface area contributed by atoms with Crippen LogP contribution in [0.15, 0.2) is 48.5 Å². The molecule has 5 nitrogen and oxygen atoms in total. The van der Waals surface area contributed by atoms with E-state index in [-0.39, 0.29) is 19.1 Å². The van der Waals surface area contributed by atoms with Gasteiger partial charge >= 0.3 is 5.97 Å². The summed E-state index contributed by atoms with van der Waals surface area (Å²) in [5, 5.41) is 3.37. The number of amides is 1. The third-order valence-corrected chi connectivity index (χ3v) is 4.16. The van der Waals surface area contributed by atoms with Gasteiger partial charge in [-0.25, -0.2) is 4.79 Å². The molecule has 0 unspecified atom stereocenters. The van der Waals surface area contributed by atoms with Gasteiger partial charge in [-0.2, -0.15) is 0 Å². The fourth-order valence-corrected chi connectivity index (χ4v) is 2.43. The molecule has 0 radical (unpaired) electrons. The van der Waals surface area contributed by atoms with Gasteiger partial charge in [0.2, 0.25) is 0 Å². The largest absolute Gasteiger partial charge is 0.482 e. The van der Waals surface area contributed by atoms with Crippen molar-refractivity contribution in [2.45, 2.75) is 26.2 Å². The molecule has 0 aliphatic heterocycles. The predicted octanol–water partition coefficient (Wildman–Crippen LogP) is 4.41. The fourth-order valence-electron chi connectivity index (χ4n) is 2.31. The van der Waals surface area contributed by atoms with Crippen LogP contribution in [0.4, 0.5) is 5.69 Å².